The lowest BCUT2D eigenvalue weighted by Gasteiger charge is -2.22. The van der Waals surface area contributed by atoms with Crippen molar-refractivity contribution in [3.8, 4) is 0 Å². The van der Waals surface area contributed by atoms with Crippen molar-refractivity contribution in [2.75, 3.05) is 37.0 Å². The number of benzene rings is 2. The Morgan fingerprint density at radius 3 is 1.93 bits per heavy atom. The summed E-state index contributed by atoms with van der Waals surface area (Å²) in [5.41, 5.74) is 3.95. The Morgan fingerprint density at radius 1 is 0.867 bits per heavy atom. The van der Waals surface area contributed by atoms with Crippen molar-refractivity contribution >= 4 is 35.0 Å². The number of para-hydroxylation sites is 2. The maximum absolute atomic E-state index is 12.7. The van der Waals surface area contributed by atoms with Gasteiger partial charge in [-0.05, 0) is 48.4 Å². The second-order valence-electron chi connectivity index (χ2n) is 8.09. The largest absolute Gasteiger partial charge is 0.324 e. The maximum Gasteiger partial charge on any atom is 0.238 e. The molecular weight excluding hydrogens is 394 g/mol. The molecule has 0 aliphatic rings. The third kappa shape index (κ3) is 6.61. The van der Waals surface area contributed by atoms with Gasteiger partial charge in [0.15, 0.2) is 0 Å². The molecule has 0 fully saturated rings. The topological polar surface area (TPSA) is 61.4 Å². The van der Waals surface area contributed by atoms with Gasteiger partial charge in [0.05, 0.1) is 18.8 Å². The standard InChI is InChI=1S/C24H33N3O2S/c1-16(2)18-10-9-11-19(17(3)4)24(18)26-23(29)15-27(5)14-22(28)25-20-12-7-8-13-21(20)30-6/h7-13,16-17H,14-15H2,1-6H3,(H,25,28)(H,26,29). The Balaban J connectivity index is 2.01. The van der Waals surface area contributed by atoms with E-state index in [4.69, 9.17) is 0 Å². The van der Waals surface area contributed by atoms with Crippen molar-refractivity contribution < 1.29 is 9.59 Å². The van der Waals surface area contributed by atoms with Gasteiger partial charge in [0.25, 0.3) is 0 Å². The summed E-state index contributed by atoms with van der Waals surface area (Å²) in [7, 11) is 1.78. The zero-order chi connectivity index (χ0) is 22.3. The van der Waals surface area contributed by atoms with Crippen LogP contribution in [-0.2, 0) is 9.59 Å². The van der Waals surface area contributed by atoms with Gasteiger partial charge in [-0.15, -0.1) is 11.8 Å². The van der Waals surface area contributed by atoms with Gasteiger partial charge in [0, 0.05) is 10.6 Å². The molecule has 0 heterocycles. The van der Waals surface area contributed by atoms with Crippen LogP contribution < -0.4 is 10.6 Å². The van der Waals surface area contributed by atoms with Crippen LogP contribution in [0.4, 0.5) is 11.4 Å². The number of anilines is 2. The number of hydrogen-bond donors (Lipinski definition) is 2. The van der Waals surface area contributed by atoms with Gasteiger partial charge in [-0.3, -0.25) is 14.5 Å². The molecule has 5 nitrogen and oxygen atoms in total. The maximum atomic E-state index is 12.7. The number of carbonyl (C=O) groups is 2. The summed E-state index contributed by atoms with van der Waals surface area (Å²) in [6, 6.07) is 13.9. The second kappa shape index (κ2) is 11.2. The van der Waals surface area contributed by atoms with E-state index < -0.39 is 0 Å². The summed E-state index contributed by atoms with van der Waals surface area (Å²) in [4.78, 5) is 27.9. The van der Waals surface area contributed by atoms with Crippen LogP contribution in [0.5, 0.6) is 0 Å². The number of amides is 2. The van der Waals surface area contributed by atoms with E-state index in [2.05, 4.69) is 50.5 Å². The molecule has 6 heteroatoms. The smallest absolute Gasteiger partial charge is 0.238 e. The summed E-state index contributed by atoms with van der Waals surface area (Å²) in [6.07, 6.45) is 1.97. The number of nitrogens with one attached hydrogen (secondary N) is 2. The molecule has 2 aromatic carbocycles. The van der Waals surface area contributed by atoms with Crippen molar-refractivity contribution in [2.45, 2.75) is 44.4 Å². The number of carbonyl (C=O) groups excluding carboxylic acids is 2. The first-order valence-electron chi connectivity index (χ1n) is 10.3. The Morgan fingerprint density at radius 2 is 1.40 bits per heavy atom. The molecule has 0 aromatic heterocycles. The SMILES string of the molecule is CSc1ccccc1NC(=O)CN(C)CC(=O)Nc1c(C(C)C)cccc1C(C)C. The molecule has 0 saturated heterocycles. The highest BCUT2D eigenvalue weighted by Gasteiger charge is 2.17. The Kier molecular flexibility index (Phi) is 8.93. The van der Waals surface area contributed by atoms with Crippen LogP contribution in [0.3, 0.4) is 0 Å². The molecule has 30 heavy (non-hydrogen) atoms. The predicted octanol–water partition coefficient (Wildman–Crippen LogP) is 5.16. The molecule has 0 aliphatic heterocycles. The van der Waals surface area contributed by atoms with Crippen molar-refractivity contribution in [2.24, 2.45) is 0 Å². The minimum atomic E-state index is -0.141. The summed E-state index contributed by atoms with van der Waals surface area (Å²) in [5, 5.41) is 6.03. The highest BCUT2D eigenvalue weighted by Crippen LogP contribution is 2.32. The Hall–Kier alpha value is -2.31. The lowest BCUT2D eigenvalue weighted by atomic mass is 9.92. The van der Waals surface area contributed by atoms with E-state index in [1.165, 1.54) is 0 Å². The van der Waals surface area contributed by atoms with Crippen molar-refractivity contribution in [3.63, 3.8) is 0 Å². The van der Waals surface area contributed by atoms with Crippen LogP contribution in [0.15, 0.2) is 47.4 Å². The second-order valence-corrected chi connectivity index (χ2v) is 8.94. The van der Waals surface area contributed by atoms with Crippen LogP contribution in [-0.4, -0.2) is 43.1 Å². The lowest BCUT2D eigenvalue weighted by Crippen LogP contribution is -2.36. The molecule has 0 spiro atoms. The number of hydrogen-bond acceptors (Lipinski definition) is 4. The van der Waals surface area contributed by atoms with E-state index in [-0.39, 0.29) is 24.9 Å². The molecule has 0 unspecified atom stereocenters. The zero-order valence-electron chi connectivity index (χ0n) is 18.8. The van der Waals surface area contributed by atoms with Gasteiger partial charge >= 0.3 is 0 Å². The van der Waals surface area contributed by atoms with Gasteiger partial charge in [0.2, 0.25) is 11.8 Å². The van der Waals surface area contributed by atoms with Crippen LogP contribution >= 0.6 is 11.8 Å². The van der Waals surface area contributed by atoms with Crippen LogP contribution in [0, 0.1) is 0 Å². The molecule has 0 atom stereocenters. The van der Waals surface area contributed by atoms with Gasteiger partial charge < -0.3 is 10.6 Å². The minimum Gasteiger partial charge on any atom is -0.324 e. The van der Waals surface area contributed by atoms with E-state index in [0.717, 1.165) is 27.4 Å². The Labute approximate surface area is 184 Å². The third-order valence-electron chi connectivity index (χ3n) is 4.85. The van der Waals surface area contributed by atoms with Crippen molar-refractivity contribution in [3.05, 3.63) is 53.6 Å². The van der Waals surface area contributed by atoms with Gasteiger partial charge in [0.1, 0.15) is 0 Å². The zero-order valence-corrected chi connectivity index (χ0v) is 19.6. The van der Waals surface area contributed by atoms with Crippen molar-refractivity contribution in [1.29, 1.82) is 0 Å². The molecule has 2 N–H and O–H groups in total. The fraction of sp³-hybridized carbons (Fsp3) is 0.417. The quantitative estimate of drug-likeness (QED) is 0.542. The monoisotopic (exact) mass is 427 g/mol. The lowest BCUT2D eigenvalue weighted by molar-refractivity contribution is -0.119. The average Bonchev–Trinajstić information content (AvgIpc) is 2.67. The van der Waals surface area contributed by atoms with Gasteiger partial charge in [-0.1, -0.05) is 58.0 Å². The van der Waals surface area contributed by atoms with Crippen LogP contribution in [0.2, 0.25) is 0 Å². The van der Waals surface area contributed by atoms with E-state index in [1.54, 1.807) is 23.7 Å². The van der Waals surface area contributed by atoms with E-state index in [0.29, 0.717) is 11.8 Å². The first-order chi connectivity index (χ1) is 14.2. The normalized spacial score (nSPS) is 11.2. The molecule has 2 rings (SSSR count). The average molecular weight is 428 g/mol. The summed E-state index contributed by atoms with van der Waals surface area (Å²) < 4.78 is 0. The highest BCUT2D eigenvalue weighted by atomic mass is 32.2. The number of nitrogens with zero attached hydrogens (tertiary/aromatic N) is 1. The molecule has 162 valence electrons. The predicted molar refractivity (Wildman–Crippen MR) is 128 cm³/mol. The van der Waals surface area contributed by atoms with E-state index in [9.17, 15) is 9.59 Å². The first-order valence-corrected chi connectivity index (χ1v) is 11.5. The van der Waals surface area contributed by atoms with E-state index >= 15 is 0 Å². The summed E-state index contributed by atoms with van der Waals surface area (Å²) in [6.45, 7) is 8.77. The van der Waals surface area contributed by atoms with Gasteiger partial charge in [-0.2, -0.15) is 0 Å². The van der Waals surface area contributed by atoms with Crippen LogP contribution in [0.25, 0.3) is 0 Å². The molecule has 0 saturated carbocycles. The summed E-state index contributed by atoms with van der Waals surface area (Å²) in [5.74, 6) is 0.347. The first kappa shape index (κ1) is 24.0. The van der Waals surface area contributed by atoms with Crippen LogP contribution in [0.1, 0.15) is 50.7 Å². The molecule has 0 bridgehead atoms. The number of likely N-dealkylation sites (N-methyl/N-ethyl adjacent to an activating group) is 1. The van der Waals surface area contributed by atoms with Gasteiger partial charge in [-0.25, -0.2) is 0 Å². The summed E-state index contributed by atoms with van der Waals surface area (Å²) >= 11 is 1.58. The molecule has 2 aromatic rings. The molecule has 0 radical (unpaired) electrons. The minimum absolute atomic E-state index is 0.121. The van der Waals surface area contributed by atoms with Crippen molar-refractivity contribution in [1.82, 2.24) is 4.90 Å². The molecule has 2 amide bonds. The number of thioether (sulfide) groups is 1. The Bertz CT molecular complexity index is 854. The third-order valence-corrected chi connectivity index (χ3v) is 5.64. The fourth-order valence-electron chi connectivity index (χ4n) is 3.36. The number of rotatable bonds is 9. The fourth-order valence-corrected chi connectivity index (χ4v) is 3.91. The molecular formula is C24H33N3O2S. The highest BCUT2D eigenvalue weighted by molar-refractivity contribution is 7.98. The molecule has 0 aliphatic carbocycles. The van der Waals surface area contributed by atoms with E-state index in [1.807, 2.05) is 36.6 Å².